The molecule has 1 unspecified atom stereocenters. The molecule has 0 aromatic carbocycles. The number of alkyl carbamates (subject to hydrolysis) is 1. The Hall–Kier alpha value is -1.24. The zero-order valence-corrected chi connectivity index (χ0v) is 9.96. The highest BCUT2D eigenvalue weighted by molar-refractivity contribution is 5.67. The molecule has 0 heterocycles. The van der Waals surface area contributed by atoms with Crippen molar-refractivity contribution >= 4 is 6.09 Å². The quantitative estimate of drug-likeness (QED) is 0.778. The van der Waals surface area contributed by atoms with Gasteiger partial charge in [-0.3, -0.25) is 0 Å². The molecule has 0 aliphatic rings. The standard InChI is InChI=1S/C11H20N2O2/c1-5-6-9(7-12)8-13-10(14)15-11(2,3)4/h9H,5-6,8H2,1-4H3,(H,13,14). The molecule has 0 spiro atoms. The van der Waals surface area contributed by atoms with Crippen LogP contribution in [0.4, 0.5) is 4.79 Å². The first kappa shape index (κ1) is 13.8. The van der Waals surface area contributed by atoms with Gasteiger partial charge in [0.1, 0.15) is 5.60 Å². The summed E-state index contributed by atoms with van der Waals surface area (Å²) < 4.78 is 5.05. The first-order chi connectivity index (χ1) is 6.89. The largest absolute Gasteiger partial charge is 0.444 e. The second-order valence-electron chi connectivity index (χ2n) is 4.50. The summed E-state index contributed by atoms with van der Waals surface area (Å²) in [5, 5.41) is 11.4. The van der Waals surface area contributed by atoms with Crippen molar-refractivity contribution in [1.29, 1.82) is 5.26 Å². The monoisotopic (exact) mass is 212 g/mol. The molecule has 86 valence electrons. The van der Waals surface area contributed by atoms with E-state index >= 15 is 0 Å². The predicted octanol–water partition coefficient (Wildman–Crippen LogP) is 2.45. The van der Waals surface area contributed by atoms with Crippen LogP contribution in [0.25, 0.3) is 0 Å². The molecule has 4 nitrogen and oxygen atoms in total. The lowest BCUT2D eigenvalue weighted by atomic mass is 10.1. The lowest BCUT2D eigenvalue weighted by Crippen LogP contribution is -2.35. The smallest absolute Gasteiger partial charge is 0.407 e. The highest BCUT2D eigenvalue weighted by Crippen LogP contribution is 2.07. The lowest BCUT2D eigenvalue weighted by Gasteiger charge is -2.20. The van der Waals surface area contributed by atoms with Gasteiger partial charge < -0.3 is 10.1 Å². The number of nitriles is 1. The minimum atomic E-state index is -0.489. The Bertz CT molecular complexity index is 238. The number of rotatable bonds is 4. The molecule has 15 heavy (non-hydrogen) atoms. The van der Waals surface area contributed by atoms with Crippen LogP contribution in [-0.4, -0.2) is 18.2 Å². The molecule has 1 amide bonds. The van der Waals surface area contributed by atoms with E-state index in [9.17, 15) is 4.79 Å². The maximum atomic E-state index is 11.2. The fraction of sp³-hybridized carbons (Fsp3) is 0.818. The van der Waals surface area contributed by atoms with Crippen molar-refractivity contribution in [1.82, 2.24) is 5.32 Å². The van der Waals surface area contributed by atoms with E-state index in [-0.39, 0.29) is 5.92 Å². The fourth-order valence-corrected chi connectivity index (χ4v) is 1.08. The van der Waals surface area contributed by atoms with E-state index in [1.54, 1.807) is 20.8 Å². The Kier molecular flexibility index (Phi) is 5.76. The number of hydrogen-bond acceptors (Lipinski definition) is 3. The molecular weight excluding hydrogens is 192 g/mol. The second kappa shape index (κ2) is 6.28. The van der Waals surface area contributed by atoms with Crippen molar-refractivity contribution in [3.05, 3.63) is 0 Å². The molecule has 0 saturated carbocycles. The van der Waals surface area contributed by atoms with Gasteiger partial charge in [0.2, 0.25) is 0 Å². The zero-order chi connectivity index (χ0) is 11.9. The van der Waals surface area contributed by atoms with Crippen LogP contribution in [0.15, 0.2) is 0 Å². The van der Waals surface area contributed by atoms with E-state index in [0.717, 1.165) is 12.8 Å². The molecule has 0 aromatic rings. The highest BCUT2D eigenvalue weighted by atomic mass is 16.6. The van der Waals surface area contributed by atoms with Crippen molar-refractivity contribution in [2.24, 2.45) is 5.92 Å². The van der Waals surface area contributed by atoms with Gasteiger partial charge in [0.05, 0.1) is 12.0 Å². The second-order valence-corrected chi connectivity index (χ2v) is 4.50. The summed E-state index contributed by atoms with van der Waals surface area (Å²) in [5.74, 6) is -0.123. The molecule has 1 N–H and O–H groups in total. The molecule has 0 bridgehead atoms. The highest BCUT2D eigenvalue weighted by Gasteiger charge is 2.16. The van der Waals surface area contributed by atoms with Crippen LogP contribution < -0.4 is 5.32 Å². The summed E-state index contributed by atoms with van der Waals surface area (Å²) in [5.41, 5.74) is -0.489. The van der Waals surface area contributed by atoms with Crippen LogP contribution >= 0.6 is 0 Å². The van der Waals surface area contributed by atoms with Crippen molar-refractivity contribution in [3.8, 4) is 6.07 Å². The molecule has 1 atom stereocenters. The molecule has 4 heteroatoms. The van der Waals surface area contributed by atoms with E-state index < -0.39 is 11.7 Å². The number of carbonyl (C=O) groups excluding carboxylic acids is 1. The molecule has 0 fully saturated rings. The first-order valence-corrected chi connectivity index (χ1v) is 5.25. The van der Waals surface area contributed by atoms with Gasteiger partial charge in [-0.25, -0.2) is 4.79 Å². The minimum absolute atomic E-state index is 0.123. The third kappa shape index (κ3) is 7.80. The number of nitrogens with zero attached hydrogens (tertiary/aromatic N) is 1. The molecule has 0 rings (SSSR count). The van der Waals surface area contributed by atoms with Crippen LogP contribution in [-0.2, 0) is 4.74 Å². The van der Waals surface area contributed by atoms with Crippen molar-refractivity contribution < 1.29 is 9.53 Å². The summed E-state index contributed by atoms with van der Waals surface area (Å²) in [6, 6.07) is 2.15. The topological polar surface area (TPSA) is 62.1 Å². The van der Waals surface area contributed by atoms with Gasteiger partial charge in [0, 0.05) is 6.54 Å². The third-order valence-electron chi connectivity index (χ3n) is 1.71. The number of amides is 1. The maximum Gasteiger partial charge on any atom is 0.407 e. The molecule has 0 radical (unpaired) electrons. The Morgan fingerprint density at radius 1 is 1.53 bits per heavy atom. The number of hydrogen-bond donors (Lipinski definition) is 1. The van der Waals surface area contributed by atoms with E-state index in [4.69, 9.17) is 10.00 Å². The minimum Gasteiger partial charge on any atom is -0.444 e. The Morgan fingerprint density at radius 2 is 2.13 bits per heavy atom. The average molecular weight is 212 g/mol. The third-order valence-corrected chi connectivity index (χ3v) is 1.71. The molecule has 0 aliphatic carbocycles. The number of carbonyl (C=O) groups is 1. The molecule has 0 aromatic heterocycles. The SMILES string of the molecule is CCCC(C#N)CNC(=O)OC(C)(C)C. The normalized spacial score (nSPS) is 12.7. The van der Waals surface area contributed by atoms with Crippen molar-refractivity contribution in [3.63, 3.8) is 0 Å². The van der Waals surface area contributed by atoms with Crippen LogP contribution in [0.2, 0.25) is 0 Å². The summed E-state index contributed by atoms with van der Waals surface area (Å²) in [7, 11) is 0. The fourth-order valence-electron chi connectivity index (χ4n) is 1.08. The van der Waals surface area contributed by atoms with Crippen LogP contribution in [0.5, 0.6) is 0 Å². The van der Waals surface area contributed by atoms with E-state index in [1.807, 2.05) is 6.92 Å². The van der Waals surface area contributed by atoms with Gasteiger partial charge >= 0.3 is 6.09 Å². The summed E-state index contributed by atoms with van der Waals surface area (Å²) in [4.78, 5) is 11.2. The van der Waals surface area contributed by atoms with E-state index in [1.165, 1.54) is 0 Å². The summed E-state index contributed by atoms with van der Waals surface area (Å²) in [6.45, 7) is 7.79. The molecule has 0 saturated heterocycles. The first-order valence-electron chi connectivity index (χ1n) is 5.25. The number of nitrogens with one attached hydrogen (secondary N) is 1. The average Bonchev–Trinajstić information content (AvgIpc) is 2.09. The van der Waals surface area contributed by atoms with Gasteiger partial charge in [-0.2, -0.15) is 5.26 Å². The summed E-state index contributed by atoms with van der Waals surface area (Å²) >= 11 is 0. The Balaban J connectivity index is 3.85. The van der Waals surface area contributed by atoms with Gasteiger partial charge in [-0.1, -0.05) is 13.3 Å². The van der Waals surface area contributed by atoms with Gasteiger partial charge in [-0.15, -0.1) is 0 Å². The predicted molar refractivity (Wildman–Crippen MR) is 58.2 cm³/mol. The van der Waals surface area contributed by atoms with Gasteiger partial charge in [0.25, 0.3) is 0 Å². The van der Waals surface area contributed by atoms with Gasteiger partial charge in [-0.05, 0) is 27.2 Å². The Morgan fingerprint density at radius 3 is 2.53 bits per heavy atom. The summed E-state index contributed by atoms with van der Waals surface area (Å²) in [6.07, 6.45) is 1.28. The molecular formula is C11H20N2O2. The Labute approximate surface area is 91.6 Å². The van der Waals surface area contributed by atoms with Crippen molar-refractivity contribution in [2.45, 2.75) is 46.1 Å². The van der Waals surface area contributed by atoms with Crippen LogP contribution in [0, 0.1) is 17.2 Å². The van der Waals surface area contributed by atoms with Gasteiger partial charge in [0.15, 0.2) is 0 Å². The van der Waals surface area contributed by atoms with Crippen LogP contribution in [0.1, 0.15) is 40.5 Å². The molecule has 0 aliphatic heterocycles. The van der Waals surface area contributed by atoms with Crippen LogP contribution in [0.3, 0.4) is 0 Å². The van der Waals surface area contributed by atoms with E-state index in [0.29, 0.717) is 6.54 Å². The van der Waals surface area contributed by atoms with E-state index in [2.05, 4.69) is 11.4 Å². The zero-order valence-electron chi connectivity index (χ0n) is 9.96. The lowest BCUT2D eigenvalue weighted by molar-refractivity contribution is 0.0522. The number of ether oxygens (including phenoxy) is 1. The van der Waals surface area contributed by atoms with Crippen molar-refractivity contribution in [2.75, 3.05) is 6.54 Å². The maximum absolute atomic E-state index is 11.2.